The summed E-state index contributed by atoms with van der Waals surface area (Å²) in [5.74, 6) is 1.49. The van der Waals surface area contributed by atoms with Gasteiger partial charge in [-0.05, 0) is 54.1 Å². The van der Waals surface area contributed by atoms with E-state index in [1.807, 2.05) is 24.3 Å². The number of halogens is 1. The number of aryl methyl sites for hydroxylation is 1. The molecule has 2 aromatic heterocycles. The third-order valence-corrected chi connectivity index (χ3v) is 5.68. The number of ether oxygens (including phenoxy) is 2. The molecule has 0 amide bonds. The predicted octanol–water partition coefficient (Wildman–Crippen LogP) is 2.08. The number of hydrogen-bond acceptors (Lipinski definition) is 8. The Bertz CT molecular complexity index is 1460. The van der Waals surface area contributed by atoms with Crippen molar-refractivity contribution < 1.29 is 14.6 Å². The summed E-state index contributed by atoms with van der Waals surface area (Å²) in [4.78, 5) is 31.3. The van der Waals surface area contributed by atoms with Crippen molar-refractivity contribution in [3.05, 3.63) is 79.4 Å². The van der Waals surface area contributed by atoms with Crippen LogP contribution in [0.25, 0.3) is 11.2 Å². The fraction of sp³-hybridized carbons (Fsp3) is 0.217. The molecule has 0 bridgehead atoms. The van der Waals surface area contributed by atoms with Crippen LogP contribution < -0.4 is 26.1 Å². The van der Waals surface area contributed by atoms with Gasteiger partial charge >= 0.3 is 5.69 Å². The normalized spacial score (nSPS) is 12.2. The Balaban J connectivity index is 1.59. The number of imidazole rings is 1. The maximum Gasteiger partial charge on any atom is 0.329 e. The molecule has 0 saturated heterocycles. The molecule has 0 fully saturated rings. The van der Waals surface area contributed by atoms with Crippen molar-refractivity contribution >= 4 is 39.3 Å². The van der Waals surface area contributed by atoms with Crippen LogP contribution in [0, 0.1) is 0 Å². The van der Waals surface area contributed by atoms with Crippen LogP contribution in [0.4, 0.5) is 5.95 Å². The Morgan fingerprint density at radius 2 is 1.86 bits per heavy atom. The number of aromatic nitrogens is 4. The highest BCUT2D eigenvalue weighted by Crippen LogP contribution is 2.19. The van der Waals surface area contributed by atoms with E-state index in [9.17, 15) is 14.7 Å². The second kappa shape index (κ2) is 10.6. The van der Waals surface area contributed by atoms with E-state index in [2.05, 4.69) is 36.4 Å². The number of aromatic amines is 1. The zero-order chi connectivity index (χ0) is 24.9. The van der Waals surface area contributed by atoms with Gasteiger partial charge in [0.15, 0.2) is 11.2 Å². The molecule has 0 aliphatic rings. The second-order valence-electron chi connectivity index (χ2n) is 7.60. The van der Waals surface area contributed by atoms with Crippen molar-refractivity contribution in [2.24, 2.45) is 12.1 Å². The summed E-state index contributed by atoms with van der Waals surface area (Å²) in [7, 11) is 3.08. The Labute approximate surface area is 207 Å². The largest absolute Gasteiger partial charge is 0.497 e. The molecule has 0 aliphatic heterocycles. The third kappa shape index (κ3) is 5.61. The van der Waals surface area contributed by atoms with Crippen LogP contribution >= 0.6 is 15.9 Å². The van der Waals surface area contributed by atoms with Crippen molar-refractivity contribution in [3.63, 3.8) is 0 Å². The van der Waals surface area contributed by atoms with Crippen LogP contribution in [-0.2, 0) is 13.6 Å². The highest BCUT2D eigenvalue weighted by Gasteiger charge is 2.20. The molecule has 1 atom stereocenters. The van der Waals surface area contributed by atoms with Gasteiger partial charge in [-0.25, -0.2) is 10.2 Å². The van der Waals surface area contributed by atoms with Gasteiger partial charge in [-0.3, -0.25) is 14.3 Å². The van der Waals surface area contributed by atoms with Gasteiger partial charge in [-0.2, -0.15) is 10.1 Å². The molecule has 0 unspecified atom stereocenters. The lowest BCUT2D eigenvalue weighted by Gasteiger charge is -2.15. The number of hydrogen-bond donors (Lipinski definition) is 3. The highest BCUT2D eigenvalue weighted by molar-refractivity contribution is 9.10. The molecule has 182 valence electrons. The maximum absolute atomic E-state index is 12.6. The van der Waals surface area contributed by atoms with Gasteiger partial charge in [0.05, 0.1) is 19.9 Å². The molecule has 11 nitrogen and oxygen atoms in total. The number of H-pyrrole nitrogens is 1. The Hall–Kier alpha value is -3.90. The number of anilines is 1. The van der Waals surface area contributed by atoms with Crippen molar-refractivity contribution in [1.82, 2.24) is 19.1 Å². The minimum Gasteiger partial charge on any atom is -0.497 e. The topological polar surface area (TPSA) is 136 Å². The molecule has 4 rings (SSSR count). The summed E-state index contributed by atoms with van der Waals surface area (Å²) in [5.41, 5.74) is 2.66. The molecule has 3 N–H and O–H groups in total. The number of aliphatic hydroxyl groups is 1. The molecule has 12 heteroatoms. The molecule has 2 heterocycles. The Kier molecular flexibility index (Phi) is 7.32. The lowest BCUT2D eigenvalue weighted by Crippen LogP contribution is -2.30. The lowest BCUT2D eigenvalue weighted by molar-refractivity contribution is 0.0938. The number of benzene rings is 2. The molecule has 4 aromatic rings. The first-order valence-corrected chi connectivity index (χ1v) is 11.3. The molecular weight excluding hydrogens is 520 g/mol. The minimum absolute atomic E-state index is 0.0282. The van der Waals surface area contributed by atoms with E-state index in [-0.39, 0.29) is 30.3 Å². The fourth-order valence-corrected chi connectivity index (χ4v) is 3.60. The van der Waals surface area contributed by atoms with Crippen molar-refractivity contribution in [2.75, 3.05) is 19.1 Å². The van der Waals surface area contributed by atoms with Crippen LogP contribution in [0.1, 0.15) is 5.56 Å². The molecule has 0 radical (unpaired) electrons. The van der Waals surface area contributed by atoms with Crippen LogP contribution in [0.5, 0.6) is 11.5 Å². The van der Waals surface area contributed by atoms with Gasteiger partial charge in [0, 0.05) is 11.5 Å². The number of nitrogens with one attached hydrogen (secondary N) is 2. The second-order valence-corrected chi connectivity index (χ2v) is 8.51. The van der Waals surface area contributed by atoms with E-state index in [0.717, 1.165) is 15.8 Å². The number of fused-ring (bicyclic) bond motifs is 1. The average molecular weight is 543 g/mol. The summed E-state index contributed by atoms with van der Waals surface area (Å²) in [6, 6.07) is 14.4. The van der Waals surface area contributed by atoms with E-state index < -0.39 is 17.4 Å². The van der Waals surface area contributed by atoms with Gasteiger partial charge in [0.2, 0.25) is 5.95 Å². The van der Waals surface area contributed by atoms with E-state index in [1.54, 1.807) is 37.6 Å². The number of nitrogens with zero attached hydrogens (tertiary/aromatic N) is 4. The molecule has 2 aromatic carbocycles. The van der Waals surface area contributed by atoms with Gasteiger partial charge in [-0.15, -0.1) is 0 Å². The average Bonchev–Trinajstić information content (AvgIpc) is 3.21. The van der Waals surface area contributed by atoms with E-state index in [0.29, 0.717) is 5.75 Å². The molecule has 0 aliphatic carbocycles. The van der Waals surface area contributed by atoms with Crippen LogP contribution in [0.15, 0.2) is 67.7 Å². The SMILES string of the molecule is COc1ccc(/C=N\Nc2nc3c(c(=O)[nH]c(=O)n3C)n2C[C@H](O)COc2ccc(Br)cc2)cc1. The first-order valence-electron chi connectivity index (χ1n) is 10.5. The van der Waals surface area contributed by atoms with E-state index >= 15 is 0 Å². The molecule has 0 spiro atoms. The number of aliphatic hydroxyl groups excluding tert-OH is 1. The maximum atomic E-state index is 12.6. The quantitative estimate of drug-likeness (QED) is 0.217. The Morgan fingerprint density at radius 1 is 1.17 bits per heavy atom. The van der Waals surface area contributed by atoms with Crippen LogP contribution in [0.2, 0.25) is 0 Å². The zero-order valence-electron chi connectivity index (χ0n) is 18.9. The highest BCUT2D eigenvalue weighted by atomic mass is 79.9. The first-order chi connectivity index (χ1) is 16.9. The third-order valence-electron chi connectivity index (χ3n) is 5.15. The van der Waals surface area contributed by atoms with Gasteiger partial charge in [0.25, 0.3) is 5.56 Å². The number of methoxy groups -OCH3 is 1. The first kappa shape index (κ1) is 24.2. The van der Waals surface area contributed by atoms with Crippen LogP contribution in [-0.4, -0.2) is 50.2 Å². The standard InChI is InChI=1S/C23H23BrN6O5/c1-29-20-19(21(32)27-23(29)33)30(12-16(31)13-35-18-9-5-15(24)6-10-18)22(26-20)28-25-11-14-3-7-17(34-2)8-4-14/h3-11,16,31H,12-13H2,1-2H3,(H,26,28)(H,27,32,33)/b25-11-/t16-/m0/s1. The van der Waals surface area contributed by atoms with Crippen molar-refractivity contribution in [2.45, 2.75) is 12.6 Å². The summed E-state index contributed by atoms with van der Waals surface area (Å²) >= 11 is 3.36. The lowest BCUT2D eigenvalue weighted by atomic mass is 10.2. The number of rotatable bonds is 9. The molecule has 35 heavy (non-hydrogen) atoms. The molecular formula is C23H23BrN6O5. The summed E-state index contributed by atoms with van der Waals surface area (Å²) in [5, 5.41) is 14.8. The summed E-state index contributed by atoms with van der Waals surface area (Å²) in [6.45, 7) is -0.0613. The summed E-state index contributed by atoms with van der Waals surface area (Å²) in [6.07, 6.45) is 0.582. The van der Waals surface area contributed by atoms with Crippen molar-refractivity contribution in [1.29, 1.82) is 0 Å². The Morgan fingerprint density at radius 3 is 2.54 bits per heavy atom. The van der Waals surface area contributed by atoms with Crippen molar-refractivity contribution in [3.8, 4) is 11.5 Å². The fourth-order valence-electron chi connectivity index (χ4n) is 3.34. The van der Waals surface area contributed by atoms with Gasteiger partial charge in [-0.1, -0.05) is 15.9 Å². The zero-order valence-corrected chi connectivity index (χ0v) is 20.5. The van der Waals surface area contributed by atoms with E-state index in [1.165, 1.54) is 16.2 Å². The smallest absolute Gasteiger partial charge is 0.329 e. The number of hydrazone groups is 1. The monoisotopic (exact) mass is 542 g/mol. The molecule has 0 saturated carbocycles. The van der Waals surface area contributed by atoms with Crippen LogP contribution in [0.3, 0.4) is 0 Å². The van der Waals surface area contributed by atoms with E-state index in [4.69, 9.17) is 9.47 Å². The van der Waals surface area contributed by atoms with Gasteiger partial charge < -0.3 is 19.1 Å². The van der Waals surface area contributed by atoms with Gasteiger partial charge in [0.1, 0.15) is 24.2 Å². The minimum atomic E-state index is -0.987. The predicted molar refractivity (Wildman–Crippen MR) is 135 cm³/mol. The summed E-state index contributed by atoms with van der Waals surface area (Å²) < 4.78 is 14.4.